The number of aliphatic hydroxyl groups is 1. The topological polar surface area (TPSA) is 29.5 Å². The Kier molecular flexibility index (Phi) is 3.79. The molecular formula is C14H19FO2. The Balaban J connectivity index is 2.29. The summed E-state index contributed by atoms with van der Waals surface area (Å²) in [6, 6.07) is 6.27. The molecule has 2 unspecified atom stereocenters. The summed E-state index contributed by atoms with van der Waals surface area (Å²) in [5.74, 6) is -0.242. The second-order valence-electron chi connectivity index (χ2n) is 4.70. The minimum absolute atomic E-state index is 0.0584. The first-order valence-corrected chi connectivity index (χ1v) is 6.23. The largest absolute Gasteiger partial charge is 0.385 e. The van der Waals surface area contributed by atoms with E-state index in [1.165, 1.54) is 12.1 Å². The lowest BCUT2D eigenvalue weighted by Crippen LogP contribution is -2.39. The third-order valence-electron chi connectivity index (χ3n) is 3.70. The molecule has 3 heteroatoms. The van der Waals surface area contributed by atoms with Crippen LogP contribution in [0.3, 0.4) is 0 Å². The van der Waals surface area contributed by atoms with Crippen molar-refractivity contribution in [3.63, 3.8) is 0 Å². The summed E-state index contributed by atoms with van der Waals surface area (Å²) < 4.78 is 18.7. The van der Waals surface area contributed by atoms with Crippen LogP contribution in [-0.4, -0.2) is 18.3 Å². The van der Waals surface area contributed by atoms with Gasteiger partial charge in [0.25, 0.3) is 0 Å². The van der Waals surface area contributed by atoms with E-state index in [1.54, 1.807) is 12.1 Å². The van der Waals surface area contributed by atoms with E-state index in [0.717, 1.165) is 19.4 Å². The molecule has 0 spiro atoms. The van der Waals surface area contributed by atoms with Crippen molar-refractivity contribution in [3.05, 3.63) is 35.6 Å². The van der Waals surface area contributed by atoms with E-state index in [1.807, 2.05) is 6.92 Å². The number of rotatable bonds is 3. The molecule has 94 valence electrons. The first kappa shape index (κ1) is 12.5. The Morgan fingerprint density at radius 1 is 1.53 bits per heavy atom. The van der Waals surface area contributed by atoms with E-state index in [4.69, 9.17) is 4.74 Å². The van der Waals surface area contributed by atoms with Crippen molar-refractivity contribution in [2.45, 2.75) is 31.8 Å². The minimum Gasteiger partial charge on any atom is -0.385 e. The molecule has 1 fully saturated rings. The van der Waals surface area contributed by atoms with Crippen LogP contribution in [0.15, 0.2) is 24.3 Å². The second kappa shape index (κ2) is 5.15. The van der Waals surface area contributed by atoms with Gasteiger partial charge < -0.3 is 9.84 Å². The van der Waals surface area contributed by atoms with Gasteiger partial charge in [-0.15, -0.1) is 0 Å². The molecule has 1 aromatic rings. The van der Waals surface area contributed by atoms with Crippen molar-refractivity contribution >= 4 is 0 Å². The van der Waals surface area contributed by atoms with Crippen LogP contribution in [0.2, 0.25) is 0 Å². The predicted octanol–water partition coefficient (Wildman–Crippen LogP) is 2.85. The molecule has 1 heterocycles. The lowest BCUT2D eigenvalue weighted by atomic mass is 9.76. The monoisotopic (exact) mass is 238 g/mol. The molecule has 1 aliphatic heterocycles. The summed E-state index contributed by atoms with van der Waals surface area (Å²) in [6.45, 7) is 3.25. The number of ether oxygens (including phenoxy) is 1. The SMILES string of the molecule is CCC(O)(c1cccc(F)c1)C1CCCOC1. The van der Waals surface area contributed by atoms with Gasteiger partial charge in [0.15, 0.2) is 0 Å². The van der Waals surface area contributed by atoms with Crippen molar-refractivity contribution < 1.29 is 14.2 Å². The Labute approximate surface area is 101 Å². The van der Waals surface area contributed by atoms with Crippen molar-refractivity contribution in [2.75, 3.05) is 13.2 Å². The maximum Gasteiger partial charge on any atom is 0.123 e. The van der Waals surface area contributed by atoms with Crippen molar-refractivity contribution in [2.24, 2.45) is 5.92 Å². The maximum atomic E-state index is 13.3. The van der Waals surface area contributed by atoms with Crippen LogP contribution in [0.5, 0.6) is 0 Å². The zero-order chi connectivity index (χ0) is 12.3. The average Bonchev–Trinajstić information content (AvgIpc) is 2.39. The van der Waals surface area contributed by atoms with Crippen LogP contribution >= 0.6 is 0 Å². The van der Waals surface area contributed by atoms with Gasteiger partial charge in [-0.1, -0.05) is 19.1 Å². The van der Waals surface area contributed by atoms with Gasteiger partial charge in [-0.05, 0) is 37.0 Å². The molecule has 2 rings (SSSR count). The molecule has 1 N–H and O–H groups in total. The van der Waals surface area contributed by atoms with Gasteiger partial charge in [0.2, 0.25) is 0 Å². The molecule has 17 heavy (non-hydrogen) atoms. The standard InChI is InChI=1S/C14H19FO2/c1-2-14(16,12-6-4-8-17-10-12)11-5-3-7-13(15)9-11/h3,5,7,9,12,16H,2,4,6,8,10H2,1H3. The van der Waals surface area contributed by atoms with Gasteiger partial charge in [0.05, 0.1) is 12.2 Å². The highest BCUT2D eigenvalue weighted by atomic mass is 19.1. The van der Waals surface area contributed by atoms with Crippen molar-refractivity contribution in [1.82, 2.24) is 0 Å². The minimum atomic E-state index is -0.970. The molecule has 0 bridgehead atoms. The predicted molar refractivity (Wildman–Crippen MR) is 64.1 cm³/mol. The zero-order valence-corrected chi connectivity index (χ0v) is 10.2. The highest BCUT2D eigenvalue weighted by Gasteiger charge is 2.38. The van der Waals surface area contributed by atoms with E-state index in [2.05, 4.69) is 0 Å². The van der Waals surface area contributed by atoms with Gasteiger partial charge in [-0.2, -0.15) is 0 Å². The van der Waals surface area contributed by atoms with Gasteiger partial charge in [-0.25, -0.2) is 4.39 Å². The van der Waals surface area contributed by atoms with Gasteiger partial charge in [-0.3, -0.25) is 0 Å². The fourth-order valence-electron chi connectivity index (χ4n) is 2.60. The van der Waals surface area contributed by atoms with Gasteiger partial charge in [0, 0.05) is 12.5 Å². The average molecular weight is 238 g/mol. The van der Waals surface area contributed by atoms with E-state index >= 15 is 0 Å². The molecule has 1 saturated heterocycles. The molecule has 1 aliphatic rings. The smallest absolute Gasteiger partial charge is 0.123 e. The molecular weight excluding hydrogens is 219 g/mol. The van der Waals surface area contributed by atoms with Crippen LogP contribution in [-0.2, 0) is 10.3 Å². The second-order valence-corrected chi connectivity index (χ2v) is 4.70. The van der Waals surface area contributed by atoms with Crippen molar-refractivity contribution in [3.8, 4) is 0 Å². The van der Waals surface area contributed by atoms with Crippen LogP contribution in [0.1, 0.15) is 31.7 Å². The molecule has 2 atom stereocenters. The van der Waals surface area contributed by atoms with E-state index < -0.39 is 5.60 Å². The number of halogens is 1. The van der Waals surface area contributed by atoms with E-state index in [-0.39, 0.29) is 11.7 Å². The number of hydrogen-bond acceptors (Lipinski definition) is 2. The summed E-state index contributed by atoms with van der Waals surface area (Å²) in [7, 11) is 0. The van der Waals surface area contributed by atoms with Crippen LogP contribution in [0.25, 0.3) is 0 Å². The molecule has 0 amide bonds. The van der Waals surface area contributed by atoms with E-state index in [9.17, 15) is 9.50 Å². The third-order valence-corrected chi connectivity index (χ3v) is 3.70. The first-order valence-electron chi connectivity index (χ1n) is 6.23. The van der Waals surface area contributed by atoms with Crippen LogP contribution < -0.4 is 0 Å². The fraction of sp³-hybridized carbons (Fsp3) is 0.571. The quantitative estimate of drug-likeness (QED) is 0.877. The highest BCUT2D eigenvalue weighted by Crippen LogP contribution is 2.37. The van der Waals surface area contributed by atoms with Crippen LogP contribution in [0, 0.1) is 11.7 Å². The van der Waals surface area contributed by atoms with Crippen LogP contribution in [0.4, 0.5) is 4.39 Å². The Hall–Kier alpha value is -0.930. The van der Waals surface area contributed by atoms with E-state index in [0.29, 0.717) is 18.6 Å². The fourth-order valence-corrected chi connectivity index (χ4v) is 2.60. The summed E-state index contributed by atoms with van der Waals surface area (Å²) in [5.41, 5.74) is -0.307. The Morgan fingerprint density at radius 3 is 2.94 bits per heavy atom. The third kappa shape index (κ3) is 2.50. The summed E-state index contributed by atoms with van der Waals surface area (Å²) in [4.78, 5) is 0. The molecule has 2 nitrogen and oxygen atoms in total. The van der Waals surface area contributed by atoms with Crippen molar-refractivity contribution in [1.29, 1.82) is 0 Å². The van der Waals surface area contributed by atoms with Gasteiger partial charge in [0.1, 0.15) is 5.82 Å². The number of hydrogen-bond donors (Lipinski definition) is 1. The zero-order valence-electron chi connectivity index (χ0n) is 10.2. The number of benzene rings is 1. The molecule has 0 radical (unpaired) electrons. The lowest BCUT2D eigenvalue weighted by Gasteiger charge is -2.38. The molecule has 0 aliphatic carbocycles. The summed E-state index contributed by atoms with van der Waals surface area (Å²) >= 11 is 0. The summed E-state index contributed by atoms with van der Waals surface area (Å²) in [5, 5.41) is 10.8. The summed E-state index contributed by atoms with van der Waals surface area (Å²) in [6.07, 6.45) is 2.47. The first-order chi connectivity index (χ1) is 8.16. The molecule has 0 saturated carbocycles. The maximum absolute atomic E-state index is 13.3. The Morgan fingerprint density at radius 2 is 2.35 bits per heavy atom. The molecule has 0 aromatic heterocycles. The lowest BCUT2D eigenvalue weighted by molar-refractivity contribution is -0.0866. The van der Waals surface area contributed by atoms with Gasteiger partial charge >= 0.3 is 0 Å². The normalized spacial score (nSPS) is 24.3. The molecule has 1 aromatic carbocycles. The highest BCUT2D eigenvalue weighted by molar-refractivity contribution is 5.24. The Bertz CT molecular complexity index is 374.